The number of carbonyl (C=O) groups excluding carboxylic acids is 2. The van der Waals surface area contributed by atoms with Crippen molar-refractivity contribution in [2.45, 2.75) is 44.2 Å². The summed E-state index contributed by atoms with van der Waals surface area (Å²) in [5.74, 6) is -0.0681. The Morgan fingerprint density at radius 2 is 1.77 bits per heavy atom. The lowest BCUT2D eigenvalue weighted by atomic mass is 9.93. The van der Waals surface area contributed by atoms with Crippen LogP contribution < -0.4 is 16.0 Å². The number of anilines is 1. The number of urea groups is 1. The molecule has 0 heterocycles. The summed E-state index contributed by atoms with van der Waals surface area (Å²) in [6.07, 6.45) is 3.13. The summed E-state index contributed by atoms with van der Waals surface area (Å²) in [4.78, 5) is 23.4. The van der Waals surface area contributed by atoms with Crippen molar-refractivity contribution >= 4 is 17.6 Å². The van der Waals surface area contributed by atoms with Gasteiger partial charge in [0.1, 0.15) is 0 Å². The summed E-state index contributed by atoms with van der Waals surface area (Å²) in [6.45, 7) is 0.292. The number of benzene rings is 1. The summed E-state index contributed by atoms with van der Waals surface area (Å²) < 4.78 is 0. The third kappa shape index (κ3) is 5.73. The van der Waals surface area contributed by atoms with E-state index in [4.69, 9.17) is 0 Å². The normalized spacial score (nSPS) is 21.0. The molecule has 1 aliphatic carbocycles. The molecule has 120 valence electrons. The Morgan fingerprint density at radius 1 is 1.09 bits per heavy atom. The first-order chi connectivity index (χ1) is 10.6. The minimum absolute atomic E-state index is 0.0681. The van der Waals surface area contributed by atoms with Crippen LogP contribution >= 0.6 is 0 Å². The third-order valence-electron chi connectivity index (χ3n) is 3.73. The van der Waals surface area contributed by atoms with E-state index in [1.54, 1.807) is 12.1 Å². The van der Waals surface area contributed by atoms with E-state index < -0.39 is 0 Å². The van der Waals surface area contributed by atoms with Crippen LogP contribution in [0.1, 0.15) is 32.1 Å². The van der Waals surface area contributed by atoms with Crippen molar-refractivity contribution in [1.29, 1.82) is 0 Å². The van der Waals surface area contributed by atoms with Gasteiger partial charge in [-0.25, -0.2) is 4.79 Å². The first-order valence-electron chi connectivity index (χ1n) is 7.71. The fourth-order valence-corrected chi connectivity index (χ4v) is 2.51. The Labute approximate surface area is 130 Å². The first-order valence-corrected chi connectivity index (χ1v) is 7.71. The van der Waals surface area contributed by atoms with Gasteiger partial charge < -0.3 is 21.1 Å². The van der Waals surface area contributed by atoms with E-state index in [2.05, 4.69) is 16.0 Å². The Bertz CT molecular complexity index is 485. The molecule has 0 saturated heterocycles. The van der Waals surface area contributed by atoms with Crippen molar-refractivity contribution in [3.05, 3.63) is 30.3 Å². The van der Waals surface area contributed by atoms with Gasteiger partial charge in [-0.2, -0.15) is 0 Å². The molecule has 1 aromatic rings. The summed E-state index contributed by atoms with van der Waals surface area (Å²) >= 11 is 0. The molecule has 1 aromatic carbocycles. The minimum Gasteiger partial charge on any atom is -0.393 e. The predicted octanol–water partition coefficient (Wildman–Crippen LogP) is 1.62. The van der Waals surface area contributed by atoms with Gasteiger partial charge in [0.25, 0.3) is 0 Å². The highest BCUT2D eigenvalue weighted by molar-refractivity contribution is 5.89. The molecular weight excluding hydrogens is 282 g/mol. The average Bonchev–Trinajstić information content (AvgIpc) is 2.50. The molecule has 0 atom stereocenters. The number of hydrogen-bond donors (Lipinski definition) is 4. The van der Waals surface area contributed by atoms with Gasteiger partial charge in [0.2, 0.25) is 5.91 Å². The molecule has 0 unspecified atom stereocenters. The zero-order chi connectivity index (χ0) is 15.8. The molecule has 1 fully saturated rings. The maximum Gasteiger partial charge on any atom is 0.319 e. The van der Waals surface area contributed by atoms with Crippen LogP contribution in [0.3, 0.4) is 0 Å². The van der Waals surface area contributed by atoms with Crippen molar-refractivity contribution in [3.8, 4) is 0 Å². The quantitative estimate of drug-likeness (QED) is 0.666. The second-order valence-corrected chi connectivity index (χ2v) is 5.57. The highest BCUT2D eigenvalue weighted by Crippen LogP contribution is 2.18. The zero-order valence-corrected chi connectivity index (χ0v) is 12.5. The molecule has 6 heteroatoms. The number of nitrogens with one attached hydrogen (secondary N) is 3. The van der Waals surface area contributed by atoms with Crippen molar-refractivity contribution < 1.29 is 14.7 Å². The van der Waals surface area contributed by atoms with E-state index in [0.29, 0.717) is 12.2 Å². The standard InChI is InChI=1S/C16H23N3O3/c20-14-8-6-13(7-9-14)18-15(21)10-11-17-16(22)19-12-4-2-1-3-5-12/h1-5,13-14,20H,6-11H2,(H,18,21)(H2,17,19,22). The van der Waals surface area contributed by atoms with Crippen molar-refractivity contribution in [3.63, 3.8) is 0 Å². The van der Waals surface area contributed by atoms with Crippen LogP contribution in [0.25, 0.3) is 0 Å². The van der Waals surface area contributed by atoms with Crippen LogP contribution in [0.2, 0.25) is 0 Å². The van der Waals surface area contributed by atoms with Crippen LogP contribution in [-0.2, 0) is 4.79 Å². The van der Waals surface area contributed by atoms with Crippen molar-refractivity contribution in [2.24, 2.45) is 0 Å². The largest absolute Gasteiger partial charge is 0.393 e. The Balaban J connectivity index is 1.59. The number of aliphatic hydroxyl groups excluding tert-OH is 1. The second-order valence-electron chi connectivity index (χ2n) is 5.57. The molecule has 0 aromatic heterocycles. The maximum absolute atomic E-state index is 11.8. The van der Waals surface area contributed by atoms with E-state index in [0.717, 1.165) is 25.7 Å². The summed E-state index contributed by atoms with van der Waals surface area (Å²) in [5.41, 5.74) is 0.713. The number of para-hydroxylation sites is 1. The number of hydrogen-bond acceptors (Lipinski definition) is 3. The molecular formula is C16H23N3O3. The SMILES string of the molecule is O=C(CCNC(=O)Nc1ccccc1)NC1CCC(O)CC1. The molecule has 1 aliphatic rings. The Hall–Kier alpha value is -2.08. The summed E-state index contributed by atoms with van der Waals surface area (Å²) in [5, 5.41) is 17.7. The molecule has 22 heavy (non-hydrogen) atoms. The third-order valence-corrected chi connectivity index (χ3v) is 3.73. The van der Waals surface area contributed by atoms with Gasteiger partial charge in [-0.15, -0.1) is 0 Å². The highest BCUT2D eigenvalue weighted by atomic mass is 16.3. The number of rotatable bonds is 5. The lowest BCUT2D eigenvalue weighted by Crippen LogP contribution is -2.40. The molecule has 2 rings (SSSR count). The maximum atomic E-state index is 11.8. The monoisotopic (exact) mass is 305 g/mol. The lowest BCUT2D eigenvalue weighted by Gasteiger charge is -2.26. The van der Waals surface area contributed by atoms with Crippen LogP contribution in [0, 0.1) is 0 Å². The van der Waals surface area contributed by atoms with Gasteiger partial charge in [-0.1, -0.05) is 18.2 Å². The van der Waals surface area contributed by atoms with Crippen molar-refractivity contribution in [2.75, 3.05) is 11.9 Å². The number of amides is 3. The van der Waals surface area contributed by atoms with Gasteiger partial charge in [0.05, 0.1) is 6.10 Å². The molecule has 0 aliphatic heterocycles. The molecule has 0 spiro atoms. The fourth-order valence-electron chi connectivity index (χ4n) is 2.51. The van der Waals surface area contributed by atoms with Crippen LogP contribution in [0.5, 0.6) is 0 Å². The van der Waals surface area contributed by atoms with E-state index in [-0.39, 0.29) is 30.5 Å². The fraction of sp³-hybridized carbons (Fsp3) is 0.500. The van der Waals surface area contributed by atoms with E-state index >= 15 is 0 Å². The van der Waals surface area contributed by atoms with Gasteiger partial charge in [-0.05, 0) is 37.8 Å². The van der Waals surface area contributed by atoms with E-state index in [9.17, 15) is 14.7 Å². The summed E-state index contributed by atoms with van der Waals surface area (Å²) in [6, 6.07) is 8.97. The minimum atomic E-state index is -0.320. The predicted molar refractivity (Wildman–Crippen MR) is 84.5 cm³/mol. The van der Waals surface area contributed by atoms with Gasteiger partial charge in [0, 0.05) is 24.7 Å². The molecule has 3 amide bonds. The molecule has 0 radical (unpaired) electrons. The van der Waals surface area contributed by atoms with Gasteiger partial charge in [-0.3, -0.25) is 4.79 Å². The average molecular weight is 305 g/mol. The van der Waals surface area contributed by atoms with Crippen molar-refractivity contribution in [1.82, 2.24) is 10.6 Å². The number of aliphatic hydroxyl groups is 1. The number of carbonyl (C=O) groups is 2. The van der Waals surface area contributed by atoms with Gasteiger partial charge in [0.15, 0.2) is 0 Å². The zero-order valence-electron chi connectivity index (χ0n) is 12.5. The first kappa shape index (κ1) is 16.3. The van der Waals surface area contributed by atoms with Crippen LogP contribution in [-0.4, -0.2) is 35.7 Å². The topological polar surface area (TPSA) is 90.5 Å². The molecule has 6 nitrogen and oxygen atoms in total. The Morgan fingerprint density at radius 3 is 2.45 bits per heavy atom. The van der Waals surface area contributed by atoms with Crippen LogP contribution in [0.15, 0.2) is 30.3 Å². The van der Waals surface area contributed by atoms with Gasteiger partial charge >= 0.3 is 6.03 Å². The van der Waals surface area contributed by atoms with Crippen LogP contribution in [0.4, 0.5) is 10.5 Å². The lowest BCUT2D eigenvalue weighted by molar-refractivity contribution is -0.122. The highest BCUT2D eigenvalue weighted by Gasteiger charge is 2.20. The molecule has 4 N–H and O–H groups in total. The van der Waals surface area contributed by atoms with E-state index in [1.807, 2.05) is 18.2 Å². The molecule has 1 saturated carbocycles. The second kappa shape index (κ2) is 8.38. The molecule has 0 bridgehead atoms. The smallest absolute Gasteiger partial charge is 0.319 e. The summed E-state index contributed by atoms with van der Waals surface area (Å²) in [7, 11) is 0. The van der Waals surface area contributed by atoms with E-state index in [1.165, 1.54) is 0 Å². The Kier molecular flexibility index (Phi) is 6.21.